The Morgan fingerprint density at radius 1 is 1.14 bits per heavy atom. The lowest BCUT2D eigenvalue weighted by Crippen LogP contribution is -2.23. The first-order valence-corrected chi connectivity index (χ1v) is 8.98. The second-order valence-electron chi connectivity index (χ2n) is 6.34. The van der Waals surface area contributed by atoms with Crippen molar-refractivity contribution in [3.05, 3.63) is 71.4 Å². The Kier molecular flexibility index (Phi) is 5.91. The van der Waals surface area contributed by atoms with Crippen LogP contribution in [0.5, 0.6) is 5.75 Å². The van der Waals surface area contributed by atoms with Crippen molar-refractivity contribution in [2.45, 2.75) is 26.2 Å². The van der Waals surface area contributed by atoms with E-state index in [0.29, 0.717) is 17.9 Å². The number of hydrogen-bond donors (Lipinski definition) is 1. The third-order valence-electron chi connectivity index (χ3n) is 4.39. The van der Waals surface area contributed by atoms with Gasteiger partial charge in [-0.3, -0.25) is 9.48 Å². The molecule has 3 rings (SSSR count). The molecule has 1 heterocycles. The lowest BCUT2D eigenvalue weighted by atomic mass is 10.1. The highest BCUT2D eigenvalue weighted by atomic mass is 19.4. The second kappa shape index (κ2) is 8.38. The first kappa shape index (κ1) is 20.4. The van der Waals surface area contributed by atoms with Crippen molar-refractivity contribution in [1.29, 1.82) is 0 Å². The van der Waals surface area contributed by atoms with Gasteiger partial charge in [-0.1, -0.05) is 24.3 Å². The van der Waals surface area contributed by atoms with Crippen LogP contribution in [0.15, 0.2) is 54.6 Å². The van der Waals surface area contributed by atoms with Gasteiger partial charge in [0.1, 0.15) is 5.75 Å². The minimum Gasteiger partial charge on any atom is -0.497 e. The minimum absolute atomic E-state index is 0.0315. The monoisotopic (exact) mass is 403 g/mol. The fourth-order valence-corrected chi connectivity index (χ4v) is 2.91. The summed E-state index contributed by atoms with van der Waals surface area (Å²) in [6, 6.07) is 13.9. The van der Waals surface area contributed by atoms with Crippen LogP contribution < -0.4 is 10.1 Å². The molecule has 0 spiro atoms. The zero-order valence-corrected chi connectivity index (χ0v) is 16.0. The quantitative estimate of drug-likeness (QED) is 0.658. The van der Waals surface area contributed by atoms with E-state index in [0.717, 1.165) is 23.4 Å². The summed E-state index contributed by atoms with van der Waals surface area (Å²) in [4.78, 5) is 12.5. The number of halogens is 3. The van der Waals surface area contributed by atoms with Crippen molar-refractivity contribution in [2.24, 2.45) is 0 Å². The average molecular weight is 403 g/mol. The fraction of sp³-hybridized carbons (Fsp3) is 0.238. The molecule has 3 aromatic rings. The van der Waals surface area contributed by atoms with Gasteiger partial charge in [0.05, 0.1) is 18.4 Å². The summed E-state index contributed by atoms with van der Waals surface area (Å²) in [5.74, 6) is 0.223. The van der Waals surface area contributed by atoms with Crippen LogP contribution in [0.1, 0.15) is 28.5 Å². The van der Waals surface area contributed by atoms with Gasteiger partial charge >= 0.3 is 6.18 Å². The molecule has 29 heavy (non-hydrogen) atoms. The number of ether oxygens (including phenoxy) is 1. The van der Waals surface area contributed by atoms with Crippen molar-refractivity contribution < 1.29 is 22.7 Å². The van der Waals surface area contributed by atoms with Crippen molar-refractivity contribution in [3.63, 3.8) is 0 Å². The molecule has 0 saturated carbocycles. The Labute approximate surface area is 166 Å². The molecule has 152 valence electrons. The fourth-order valence-electron chi connectivity index (χ4n) is 2.91. The summed E-state index contributed by atoms with van der Waals surface area (Å²) in [5.41, 5.74) is 1.39. The van der Waals surface area contributed by atoms with Gasteiger partial charge in [0.15, 0.2) is 5.69 Å². The number of methoxy groups -OCH3 is 1. The van der Waals surface area contributed by atoms with Gasteiger partial charge in [-0.15, -0.1) is 0 Å². The van der Waals surface area contributed by atoms with Crippen LogP contribution in [-0.2, 0) is 19.3 Å². The molecule has 0 aliphatic heterocycles. The third kappa shape index (κ3) is 4.77. The predicted octanol–water partition coefficient (Wildman–Crippen LogP) is 4.53. The number of nitrogens with zero attached hydrogens (tertiary/aromatic N) is 2. The highest BCUT2D eigenvalue weighted by Gasteiger charge is 2.30. The lowest BCUT2D eigenvalue weighted by Gasteiger charge is -2.09. The van der Waals surface area contributed by atoms with E-state index < -0.39 is 17.6 Å². The molecule has 5 nitrogen and oxygen atoms in total. The van der Waals surface area contributed by atoms with Crippen LogP contribution in [0.2, 0.25) is 0 Å². The zero-order valence-electron chi connectivity index (χ0n) is 16.0. The molecule has 1 aromatic heterocycles. The Bertz CT molecular complexity index is 1010. The van der Waals surface area contributed by atoms with E-state index in [9.17, 15) is 18.0 Å². The van der Waals surface area contributed by atoms with Gasteiger partial charge in [-0.25, -0.2) is 0 Å². The maximum atomic E-state index is 12.8. The summed E-state index contributed by atoms with van der Waals surface area (Å²) in [6.45, 7) is 2.42. The first-order chi connectivity index (χ1) is 13.8. The van der Waals surface area contributed by atoms with Crippen molar-refractivity contribution in [1.82, 2.24) is 15.1 Å². The Hall–Kier alpha value is -3.29. The number of aryl methyl sites for hydroxylation is 1. The predicted molar refractivity (Wildman–Crippen MR) is 103 cm³/mol. The number of amides is 1. The van der Waals surface area contributed by atoms with Gasteiger partial charge in [0, 0.05) is 18.7 Å². The number of rotatable bonds is 6. The molecule has 2 aromatic carbocycles. The topological polar surface area (TPSA) is 56.2 Å². The number of carbonyl (C=O) groups excluding carboxylic acids is 1. The zero-order chi connectivity index (χ0) is 21.0. The third-order valence-corrected chi connectivity index (χ3v) is 4.39. The van der Waals surface area contributed by atoms with Crippen LogP contribution in [0.25, 0.3) is 11.3 Å². The molecule has 0 bridgehead atoms. The molecule has 0 saturated heterocycles. The maximum absolute atomic E-state index is 12.8. The van der Waals surface area contributed by atoms with E-state index in [1.54, 1.807) is 17.9 Å². The van der Waals surface area contributed by atoms with E-state index in [1.807, 2.05) is 31.2 Å². The summed E-state index contributed by atoms with van der Waals surface area (Å²) in [5, 5.41) is 6.94. The standard InChI is InChI=1S/C21H20F3N3O2/c1-3-27-19(15-7-5-9-17(11-15)29-2)12-18(26-27)20(28)25-13-14-6-4-8-16(10-14)21(22,23)24/h4-12H,3,13H2,1-2H3,(H,25,28). The van der Waals surface area contributed by atoms with Gasteiger partial charge in [0.25, 0.3) is 5.91 Å². The molecule has 1 N–H and O–H groups in total. The van der Waals surface area contributed by atoms with E-state index >= 15 is 0 Å². The number of aromatic nitrogens is 2. The van der Waals surface area contributed by atoms with Crippen molar-refractivity contribution in [3.8, 4) is 17.0 Å². The van der Waals surface area contributed by atoms with Crippen molar-refractivity contribution in [2.75, 3.05) is 7.11 Å². The molecule has 0 unspecified atom stereocenters. The second-order valence-corrected chi connectivity index (χ2v) is 6.34. The SMILES string of the molecule is CCn1nc(C(=O)NCc2cccc(C(F)(F)F)c2)cc1-c1cccc(OC)c1. The first-order valence-electron chi connectivity index (χ1n) is 8.98. The molecular formula is C21H20F3N3O2. The van der Waals surface area contributed by atoms with Crippen LogP contribution in [0, 0.1) is 0 Å². The van der Waals surface area contributed by atoms with Crippen LogP contribution in [-0.4, -0.2) is 22.8 Å². The summed E-state index contributed by atoms with van der Waals surface area (Å²) in [7, 11) is 1.57. The highest BCUT2D eigenvalue weighted by Crippen LogP contribution is 2.29. The molecular weight excluding hydrogens is 383 g/mol. The van der Waals surface area contributed by atoms with E-state index in [4.69, 9.17) is 4.74 Å². The number of alkyl halides is 3. The largest absolute Gasteiger partial charge is 0.497 e. The molecule has 0 aliphatic rings. The Morgan fingerprint density at radius 2 is 1.90 bits per heavy atom. The van der Waals surface area contributed by atoms with Gasteiger partial charge in [-0.2, -0.15) is 18.3 Å². The molecule has 0 atom stereocenters. The number of benzene rings is 2. The molecule has 0 fully saturated rings. The maximum Gasteiger partial charge on any atom is 0.416 e. The lowest BCUT2D eigenvalue weighted by molar-refractivity contribution is -0.137. The van der Waals surface area contributed by atoms with Gasteiger partial charge in [0.2, 0.25) is 0 Å². The average Bonchev–Trinajstić information content (AvgIpc) is 3.16. The van der Waals surface area contributed by atoms with Crippen LogP contribution >= 0.6 is 0 Å². The van der Waals surface area contributed by atoms with E-state index in [1.165, 1.54) is 12.1 Å². The number of nitrogens with one attached hydrogen (secondary N) is 1. The Morgan fingerprint density at radius 3 is 2.59 bits per heavy atom. The Balaban J connectivity index is 1.77. The molecule has 8 heteroatoms. The van der Waals surface area contributed by atoms with Crippen LogP contribution in [0.4, 0.5) is 13.2 Å². The smallest absolute Gasteiger partial charge is 0.416 e. The number of hydrogen-bond acceptors (Lipinski definition) is 3. The van der Waals surface area contributed by atoms with Gasteiger partial charge < -0.3 is 10.1 Å². The van der Waals surface area contributed by atoms with E-state index in [2.05, 4.69) is 10.4 Å². The minimum atomic E-state index is -4.43. The van der Waals surface area contributed by atoms with E-state index in [-0.39, 0.29) is 12.2 Å². The van der Waals surface area contributed by atoms with Crippen LogP contribution in [0.3, 0.4) is 0 Å². The molecule has 0 radical (unpaired) electrons. The molecule has 0 aliphatic carbocycles. The number of carbonyl (C=O) groups is 1. The van der Waals surface area contributed by atoms with Crippen molar-refractivity contribution >= 4 is 5.91 Å². The summed E-state index contributed by atoms with van der Waals surface area (Å²) >= 11 is 0. The molecule has 1 amide bonds. The normalized spacial score (nSPS) is 11.3. The highest BCUT2D eigenvalue weighted by molar-refractivity contribution is 5.93. The van der Waals surface area contributed by atoms with Gasteiger partial charge in [-0.05, 0) is 42.8 Å². The summed E-state index contributed by atoms with van der Waals surface area (Å²) < 4.78 is 45.4. The summed E-state index contributed by atoms with van der Waals surface area (Å²) in [6.07, 6.45) is -4.43.